The molecule has 0 aliphatic rings. The SMILES string of the molecule is Cc1cccc2c1nc(-c1cccnc1)n2Cc1c(F)cccc1F. The number of benzene rings is 2. The van der Waals surface area contributed by atoms with Crippen molar-refractivity contribution in [3.63, 3.8) is 0 Å². The fraction of sp³-hybridized carbons (Fsp3) is 0.100. The average Bonchev–Trinajstić information content (AvgIpc) is 2.99. The Balaban J connectivity index is 1.97. The zero-order valence-corrected chi connectivity index (χ0v) is 13.6. The Bertz CT molecular complexity index is 1040. The number of nitrogens with zero attached hydrogens (tertiary/aromatic N) is 3. The molecule has 0 spiro atoms. The second kappa shape index (κ2) is 6.09. The van der Waals surface area contributed by atoms with E-state index in [1.807, 2.05) is 41.8 Å². The van der Waals surface area contributed by atoms with Crippen LogP contribution in [0.2, 0.25) is 0 Å². The minimum absolute atomic E-state index is 0.0217. The number of fused-ring (bicyclic) bond motifs is 1. The number of halogens is 2. The number of aryl methyl sites for hydroxylation is 1. The molecule has 0 radical (unpaired) electrons. The van der Waals surface area contributed by atoms with Crippen LogP contribution in [0.4, 0.5) is 8.78 Å². The summed E-state index contributed by atoms with van der Waals surface area (Å²) in [6.45, 7) is 2.03. The van der Waals surface area contributed by atoms with Gasteiger partial charge in [-0.15, -0.1) is 0 Å². The quantitative estimate of drug-likeness (QED) is 0.542. The molecule has 2 aromatic heterocycles. The van der Waals surface area contributed by atoms with Crippen LogP contribution in [0.1, 0.15) is 11.1 Å². The first kappa shape index (κ1) is 15.4. The van der Waals surface area contributed by atoms with Crippen LogP contribution in [0, 0.1) is 18.6 Å². The minimum atomic E-state index is -0.563. The molecule has 0 aliphatic heterocycles. The van der Waals surface area contributed by atoms with E-state index in [4.69, 9.17) is 4.98 Å². The third-order valence-corrected chi connectivity index (χ3v) is 4.28. The maximum absolute atomic E-state index is 14.2. The van der Waals surface area contributed by atoms with Crippen molar-refractivity contribution < 1.29 is 8.78 Å². The summed E-state index contributed by atoms with van der Waals surface area (Å²) in [5.74, 6) is -0.488. The molecule has 0 fully saturated rings. The molecule has 2 aromatic carbocycles. The third kappa shape index (κ3) is 2.67. The summed E-state index contributed by atoms with van der Waals surface area (Å²) >= 11 is 0. The molecular formula is C20H15F2N3. The van der Waals surface area contributed by atoms with Crippen LogP contribution in [0.15, 0.2) is 60.9 Å². The molecule has 4 aromatic rings. The molecule has 0 aliphatic carbocycles. The minimum Gasteiger partial charge on any atom is -0.319 e. The van der Waals surface area contributed by atoms with E-state index in [1.165, 1.54) is 18.2 Å². The molecule has 0 bridgehead atoms. The van der Waals surface area contributed by atoms with E-state index >= 15 is 0 Å². The highest BCUT2D eigenvalue weighted by Crippen LogP contribution is 2.28. The van der Waals surface area contributed by atoms with Gasteiger partial charge in [0.2, 0.25) is 0 Å². The number of hydrogen-bond donors (Lipinski definition) is 0. The molecule has 0 N–H and O–H groups in total. The largest absolute Gasteiger partial charge is 0.319 e. The maximum Gasteiger partial charge on any atom is 0.143 e. The summed E-state index contributed by atoms with van der Waals surface area (Å²) in [4.78, 5) is 8.85. The molecule has 2 heterocycles. The van der Waals surface area contributed by atoms with Crippen molar-refractivity contribution in [2.75, 3.05) is 0 Å². The van der Waals surface area contributed by atoms with Crippen LogP contribution in [-0.2, 0) is 6.54 Å². The van der Waals surface area contributed by atoms with Crippen molar-refractivity contribution in [3.05, 3.63) is 83.7 Å². The number of hydrogen-bond acceptors (Lipinski definition) is 2. The zero-order valence-electron chi connectivity index (χ0n) is 13.6. The van der Waals surface area contributed by atoms with Gasteiger partial charge >= 0.3 is 0 Å². The van der Waals surface area contributed by atoms with E-state index in [1.54, 1.807) is 12.4 Å². The average molecular weight is 335 g/mol. The number of imidazole rings is 1. The van der Waals surface area contributed by atoms with Gasteiger partial charge in [-0.2, -0.15) is 0 Å². The predicted molar refractivity (Wildman–Crippen MR) is 93.2 cm³/mol. The Labute approximate surface area is 143 Å². The van der Waals surface area contributed by atoms with Crippen LogP contribution in [-0.4, -0.2) is 14.5 Å². The Hall–Kier alpha value is -3.08. The highest BCUT2D eigenvalue weighted by molar-refractivity contribution is 5.83. The third-order valence-electron chi connectivity index (χ3n) is 4.28. The van der Waals surface area contributed by atoms with E-state index < -0.39 is 11.6 Å². The van der Waals surface area contributed by atoms with Gasteiger partial charge in [0.1, 0.15) is 17.5 Å². The molecule has 5 heteroatoms. The summed E-state index contributed by atoms with van der Waals surface area (Å²) < 4.78 is 30.2. The Morgan fingerprint density at radius 3 is 2.44 bits per heavy atom. The molecule has 4 rings (SSSR count). The van der Waals surface area contributed by atoms with Crippen molar-refractivity contribution in [2.45, 2.75) is 13.5 Å². The van der Waals surface area contributed by atoms with Crippen LogP contribution in [0.3, 0.4) is 0 Å². The van der Waals surface area contributed by atoms with Crippen molar-refractivity contribution in [3.8, 4) is 11.4 Å². The predicted octanol–water partition coefficient (Wildman–Crippen LogP) is 4.73. The van der Waals surface area contributed by atoms with Crippen LogP contribution in [0.5, 0.6) is 0 Å². The summed E-state index contributed by atoms with van der Waals surface area (Å²) in [6.07, 6.45) is 3.38. The molecule has 0 saturated carbocycles. The van der Waals surface area contributed by atoms with Gasteiger partial charge in [0.05, 0.1) is 17.6 Å². The van der Waals surface area contributed by atoms with Crippen molar-refractivity contribution in [1.29, 1.82) is 0 Å². The Kier molecular flexibility index (Phi) is 3.76. The molecular weight excluding hydrogens is 320 g/mol. The molecule has 0 amide bonds. The van der Waals surface area contributed by atoms with Crippen LogP contribution in [0.25, 0.3) is 22.4 Å². The van der Waals surface area contributed by atoms with Crippen LogP contribution >= 0.6 is 0 Å². The van der Waals surface area contributed by atoms with Crippen molar-refractivity contribution in [2.24, 2.45) is 0 Å². The lowest BCUT2D eigenvalue weighted by Crippen LogP contribution is -2.06. The lowest BCUT2D eigenvalue weighted by molar-refractivity contribution is 0.547. The fourth-order valence-electron chi connectivity index (χ4n) is 3.00. The van der Waals surface area contributed by atoms with E-state index in [0.29, 0.717) is 5.82 Å². The summed E-state index contributed by atoms with van der Waals surface area (Å²) in [5, 5.41) is 0. The first-order valence-corrected chi connectivity index (χ1v) is 7.94. The van der Waals surface area contributed by atoms with Gasteiger partial charge in [-0.3, -0.25) is 4.98 Å². The molecule has 25 heavy (non-hydrogen) atoms. The topological polar surface area (TPSA) is 30.7 Å². The van der Waals surface area contributed by atoms with Gasteiger partial charge in [-0.05, 0) is 42.8 Å². The normalized spacial score (nSPS) is 11.2. The molecule has 0 saturated heterocycles. The van der Waals surface area contributed by atoms with Gasteiger partial charge in [0, 0.05) is 23.5 Å². The summed E-state index contributed by atoms with van der Waals surface area (Å²) in [5.41, 5.74) is 3.48. The Morgan fingerprint density at radius 2 is 1.72 bits per heavy atom. The molecule has 0 atom stereocenters. The standard InChI is InChI=1S/C20H15F2N3/c1-13-5-2-9-18-19(13)24-20(14-6-4-10-23-11-14)25(18)12-15-16(21)7-3-8-17(15)22/h2-11H,12H2,1H3. The molecule has 3 nitrogen and oxygen atoms in total. The van der Waals surface area contributed by atoms with E-state index in [9.17, 15) is 8.78 Å². The van der Waals surface area contributed by atoms with Gasteiger partial charge in [-0.25, -0.2) is 13.8 Å². The van der Waals surface area contributed by atoms with Gasteiger partial charge in [-0.1, -0.05) is 18.2 Å². The summed E-state index contributed by atoms with van der Waals surface area (Å²) in [7, 11) is 0. The molecule has 124 valence electrons. The second-order valence-electron chi connectivity index (χ2n) is 5.91. The zero-order chi connectivity index (χ0) is 17.4. The number of aromatic nitrogens is 3. The van der Waals surface area contributed by atoms with Crippen molar-refractivity contribution in [1.82, 2.24) is 14.5 Å². The molecule has 0 unspecified atom stereocenters. The van der Waals surface area contributed by atoms with Gasteiger partial charge in [0.15, 0.2) is 0 Å². The first-order chi connectivity index (χ1) is 12.1. The number of pyridine rings is 1. The monoisotopic (exact) mass is 335 g/mol. The lowest BCUT2D eigenvalue weighted by atomic mass is 10.1. The fourth-order valence-corrected chi connectivity index (χ4v) is 3.00. The number of rotatable bonds is 3. The van der Waals surface area contributed by atoms with E-state index in [0.717, 1.165) is 22.2 Å². The van der Waals surface area contributed by atoms with Crippen LogP contribution < -0.4 is 0 Å². The first-order valence-electron chi connectivity index (χ1n) is 7.94. The highest BCUT2D eigenvalue weighted by atomic mass is 19.1. The lowest BCUT2D eigenvalue weighted by Gasteiger charge is -2.11. The van der Waals surface area contributed by atoms with E-state index in [2.05, 4.69) is 4.98 Å². The second-order valence-corrected chi connectivity index (χ2v) is 5.91. The van der Waals surface area contributed by atoms with Gasteiger partial charge in [0.25, 0.3) is 0 Å². The summed E-state index contributed by atoms with van der Waals surface area (Å²) in [6, 6.07) is 13.4. The maximum atomic E-state index is 14.2. The van der Waals surface area contributed by atoms with E-state index in [-0.39, 0.29) is 12.1 Å². The highest BCUT2D eigenvalue weighted by Gasteiger charge is 2.17. The van der Waals surface area contributed by atoms with Crippen molar-refractivity contribution >= 4 is 11.0 Å². The Morgan fingerprint density at radius 1 is 0.960 bits per heavy atom. The number of para-hydroxylation sites is 1. The smallest absolute Gasteiger partial charge is 0.143 e. The van der Waals surface area contributed by atoms with Gasteiger partial charge < -0.3 is 4.57 Å².